The lowest BCUT2D eigenvalue weighted by Gasteiger charge is -2.07. The molecule has 1 radical (unpaired) electrons. The van der Waals surface area contributed by atoms with E-state index in [2.05, 4.69) is 12.2 Å². The van der Waals surface area contributed by atoms with Gasteiger partial charge in [-0.25, -0.2) is 0 Å². The summed E-state index contributed by atoms with van der Waals surface area (Å²) in [5, 5.41) is 17.5. The van der Waals surface area contributed by atoms with E-state index in [4.69, 9.17) is 16.2 Å². The zero-order valence-electron chi connectivity index (χ0n) is 4.52. The molecule has 0 aliphatic rings. The Kier molecular flexibility index (Phi) is 2.95. The first-order valence-electron chi connectivity index (χ1n) is 2.24. The fourth-order valence-corrected chi connectivity index (χ4v) is 0.252. The summed E-state index contributed by atoms with van der Waals surface area (Å²) >= 11 is 0. The van der Waals surface area contributed by atoms with Crippen LogP contribution >= 0.6 is 0 Å². The predicted molar refractivity (Wildman–Crippen MR) is 31.0 cm³/mol. The number of hydrogen-bond acceptors (Lipinski definition) is 2. The molecule has 0 aromatic heterocycles. The predicted octanol–water partition coefficient (Wildman–Crippen LogP) is -0.988. The Morgan fingerprint density at radius 3 is 2.62 bits per heavy atom. The second kappa shape index (κ2) is 3.26. The van der Waals surface area contributed by atoms with Gasteiger partial charge in [-0.15, -0.1) is 0 Å². The van der Waals surface area contributed by atoms with Crippen LogP contribution in [0.25, 0.3) is 0 Å². The summed E-state index contributed by atoms with van der Waals surface area (Å²) in [4.78, 5) is 0. The molecule has 0 aromatic rings. The highest BCUT2D eigenvalue weighted by Crippen LogP contribution is 1.79. The van der Waals surface area contributed by atoms with Crippen LogP contribution in [0.5, 0.6) is 0 Å². The summed E-state index contributed by atoms with van der Waals surface area (Å²) in [6.45, 7) is 3.37. The van der Waals surface area contributed by atoms with Crippen LogP contribution in [-0.2, 0) is 0 Å². The Bertz CT molecular complexity index is 83.4. The van der Waals surface area contributed by atoms with Crippen LogP contribution in [-0.4, -0.2) is 17.3 Å². The molecule has 5 N–H and O–H groups in total. The molecule has 0 spiro atoms. The lowest BCUT2D eigenvalue weighted by atomic mass is 10.4. The van der Waals surface area contributed by atoms with Crippen molar-refractivity contribution in [1.82, 2.24) is 5.32 Å². The van der Waals surface area contributed by atoms with E-state index < -0.39 is 6.23 Å². The molecular weight excluding hydrogens is 106 g/mol. The first-order valence-corrected chi connectivity index (χ1v) is 2.24. The van der Waals surface area contributed by atoms with Gasteiger partial charge in [0, 0.05) is 0 Å². The van der Waals surface area contributed by atoms with Crippen LogP contribution in [0.1, 0.15) is 6.42 Å². The van der Waals surface area contributed by atoms with E-state index in [0.717, 1.165) is 0 Å². The largest absolute Gasteiger partial charge is 0.374 e. The van der Waals surface area contributed by atoms with Crippen molar-refractivity contribution in [2.45, 2.75) is 12.6 Å². The van der Waals surface area contributed by atoms with Crippen molar-refractivity contribution >= 4 is 5.96 Å². The van der Waals surface area contributed by atoms with Gasteiger partial charge in [0.1, 0.15) is 6.23 Å². The highest BCUT2D eigenvalue weighted by Gasteiger charge is 1.96. The summed E-state index contributed by atoms with van der Waals surface area (Å²) in [5.41, 5.74) is 4.85. The number of rotatable bonds is 2. The van der Waals surface area contributed by atoms with Crippen molar-refractivity contribution in [3.63, 3.8) is 0 Å². The third kappa shape index (κ3) is 3.42. The van der Waals surface area contributed by atoms with Gasteiger partial charge in [-0.1, -0.05) is 0 Å². The maximum absolute atomic E-state index is 8.63. The van der Waals surface area contributed by atoms with E-state index >= 15 is 0 Å². The minimum atomic E-state index is -0.785. The van der Waals surface area contributed by atoms with Crippen LogP contribution in [0.3, 0.4) is 0 Å². The molecule has 0 aliphatic carbocycles. The Balaban J connectivity index is 3.24. The van der Waals surface area contributed by atoms with E-state index in [1.54, 1.807) is 0 Å². The van der Waals surface area contributed by atoms with Crippen LogP contribution in [0.2, 0.25) is 0 Å². The molecule has 0 fully saturated rings. The summed E-state index contributed by atoms with van der Waals surface area (Å²) in [6, 6.07) is 0. The van der Waals surface area contributed by atoms with E-state index in [9.17, 15) is 0 Å². The molecule has 0 aliphatic heterocycles. The SMILES string of the molecule is [CH2]CC(O)NC(=N)N. The number of aliphatic hydroxyl groups excluding tert-OH is 1. The van der Waals surface area contributed by atoms with Crippen molar-refractivity contribution in [1.29, 1.82) is 5.41 Å². The highest BCUT2D eigenvalue weighted by molar-refractivity contribution is 5.74. The molecular formula is C4H10N3O. The number of aliphatic hydroxyl groups is 1. The van der Waals surface area contributed by atoms with Gasteiger partial charge >= 0.3 is 0 Å². The maximum atomic E-state index is 8.63. The van der Waals surface area contributed by atoms with Gasteiger partial charge in [-0.05, 0) is 13.3 Å². The summed E-state index contributed by atoms with van der Waals surface area (Å²) in [5.74, 6) is -0.235. The van der Waals surface area contributed by atoms with E-state index in [-0.39, 0.29) is 5.96 Å². The molecule has 47 valence electrons. The summed E-state index contributed by atoms with van der Waals surface area (Å²) < 4.78 is 0. The van der Waals surface area contributed by atoms with Gasteiger partial charge in [-0.2, -0.15) is 0 Å². The Morgan fingerprint density at radius 2 is 2.50 bits per heavy atom. The minimum absolute atomic E-state index is 0.235. The smallest absolute Gasteiger partial charge is 0.187 e. The lowest BCUT2D eigenvalue weighted by Crippen LogP contribution is -2.38. The monoisotopic (exact) mass is 116 g/mol. The fraction of sp³-hybridized carbons (Fsp3) is 0.500. The lowest BCUT2D eigenvalue weighted by molar-refractivity contribution is 0.162. The summed E-state index contributed by atoms with van der Waals surface area (Å²) in [6.07, 6.45) is -0.480. The first kappa shape index (κ1) is 7.23. The van der Waals surface area contributed by atoms with Crippen molar-refractivity contribution in [2.24, 2.45) is 5.73 Å². The minimum Gasteiger partial charge on any atom is -0.374 e. The van der Waals surface area contributed by atoms with Gasteiger partial charge in [-0.3, -0.25) is 5.41 Å². The van der Waals surface area contributed by atoms with Gasteiger partial charge in [0.2, 0.25) is 0 Å². The Morgan fingerprint density at radius 1 is 2.00 bits per heavy atom. The second-order valence-electron chi connectivity index (χ2n) is 1.36. The van der Waals surface area contributed by atoms with Crippen LogP contribution in [0.4, 0.5) is 0 Å². The van der Waals surface area contributed by atoms with Gasteiger partial charge in [0.05, 0.1) is 0 Å². The number of hydrogen-bond donors (Lipinski definition) is 4. The normalized spacial score (nSPS) is 12.8. The highest BCUT2D eigenvalue weighted by atomic mass is 16.3. The fourth-order valence-electron chi connectivity index (χ4n) is 0.252. The standard InChI is InChI=1S/C4H10N3O/c1-2-3(8)7-4(5)6/h3,8H,1-2H2,(H4,5,6,7). The molecule has 1 unspecified atom stereocenters. The number of nitrogens with one attached hydrogen (secondary N) is 2. The molecule has 1 atom stereocenters. The Labute approximate surface area is 48.2 Å². The van der Waals surface area contributed by atoms with Crippen LogP contribution in [0, 0.1) is 12.3 Å². The molecule has 0 amide bonds. The first-order chi connectivity index (χ1) is 3.66. The third-order valence-electron chi connectivity index (χ3n) is 0.596. The number of nitrogens with two attached hydrogens (primary N) is 1. The number of guanidine groups is 1. The van der Waals surface area contributed by atoms with Crippen molar-refractivity contribution in [3.8, 4) is 0 Å². The Hall–Kier alpha value is -0.770. The van der Waals surface area contributed by atoms with Gasteiger partial charge in [0.25, 0.3) is 0 Å². The van der Waals surface area contributed by atoms with E-state index in [0.29, 0.717) is 6.42 Å². The van der Waals surface area contributed by atoms with Crippen molar-refractivity contribution in [2.75, 3.05) is 0 Å². The third-order valence-corrected chi connectivity index (χ3v) is 0.596. The molecule has 8 heavy (non-hydrogen) atoms. The van der Waals surface area contributed by atoms with Crippen LogP contribution < -0.4 is 11.1 Å². The molecule has 0 heterocycles. The van der Waals surface area contributed by atoms with Gasteiger partial charge < -0.3 is 16.2 Å². The molecule has 4 heteroatoms. The molecule has 0 saturated heterocycles. The topological polar surface area (TPSA) is 82.1 Å². The van der Waals surface area contributed by atoms with Gasteiger partial charge in [0.15, 0.2) is 5.96 Å². The molecule has 0 bridgehead atoms. The molecule has 0 rings (SSSR count). The average Bonchev–Trinajstić information content (AvgIpc) is 1.65. The molecule has 4 nitrogen and oxygen atoms in total. The second-order valence-corrected chi connectivity index (χ2v) is 1.36. The zero-order valence-corrected chi connectivity index (χ0v) is 4.52. The van der Waals surface area contributed by atoms with Crippen molar-refractivity contribution < 1.29 is 5.11 Å². The van der Waals surface area contributed by atoms with E-state index in [1.165, 1.54) is 0 Å². The maximum Gasteiger partial charge on any atom is 0.187 e. The quantitative estimate of drug-likeness (QED) is 0.212. The van der Waals surface area contributed by atoms with Crippen molar-refractivity contribution in [3.05, 3.63) is 6.92 Å². The van der Waals surface area contributed by atoms with E-state index in [1.807, 2.05) is 0 Å². The zero-order chi connectivity index (χ0) is 6.57. The van der Waals surface area contributed by atoms with Crippen LogP contribution in [0.15, 0.2) is 0 Å². The average molecular weight is 116 g/mol. The molecule has 0 saturated carbocycles. The molecule has 0 aromatic carbocycles. The summed E-state index contributed by atoms with van der Waals surface area (Å²) in [7, 11) is 0.